The van der Waals surface area contributed by atoms with Gasteiger partial charge in [-0.05, 0) is 32.0 Å². The van der Waals surface area contributed by atoms with Gasteiger partial charge in [-0.15, -0.1) is 0 Å². The molecule has 0 atom stereocenters. The van der Waals surface area contributed by atoms with Crippen molar-refractivity contribution in [1.82, 2.24) is 10.3 Å². The molecule has 0 radical (unpaired) electrons. The van der Waals surface area contributed by atoms with Gasteiger partial charge in [0.25, 0.3) is 0 Å². The number of rotatable bonds is 5. The molecule has 0 spiro atoms. The largest absolute Gasteiger partial charge is 0.374 e. The SMILES string of the molecule is CNCC1(CN(C)c2ccncc2)CC1. The van der Waals surface area contributed by atoms with Crippen LogP contribution < -0.4 is 10.2 Å². The predicted molar refractivity (Wildman–Crippen MR) is 63.1 cm³/mol. The number of hydrogen-bond acceptors (Lipinski definition) is 3. The fourth-order valence-electron chi connectivity index (χ4n) is 2.14. The Bertz CT molecular complexity index is 306. The molecule has 0 amide bonds. The molecule has 0 aromatic carbocycles. The van der Waals surface area contributed by atoms with Gasteiger partial charge in [0, 0.05) is 43.6 Å². The molecular weight excluding hydrogens is 186 g/mol. The van der Waals surface area contributed by atoms with Crippen molar-refractivity contribution in [3.05, 3.63) is 24.5 Å². The molecule has 1 fully saturated rings. The van der Waals surface area contributed by atoms with Crippen molar-refractivity contribution in [3.8, 4) is 0 Å². The fraction of sp³-hybridized carbons (Fsp3) is 0.583. The number of nitrogens with zero attached hydrogens (tertiary/aromatic N) is 2. The zero-order valence-electron chi connectivity index (χ0n) is 9.53. The Labute approximate surface area is 91.5 Å². The lowest BCUT2D eigenvalue weighted by Crippen LogP contribution is -2.32. The highest BCUT2D eigenvalue weighted by Crippen LogP contribution is 2.45. The van der Waals surface area contributed by atoms with E-state index in [1.165, 1.54) is 18.5 Å². The van der Waals surface area contributed by atoms with Crippen LogP contribution in [0.2, 0.25) is 0 Å². The zero-order chi connectivity index (χ0) is 10.7. The Balaban J connectivity index is 1.95. The van der Waals surface area contributed by atoms with E-state index in [-0.39, 0.29) is 0 Å². The van der Waals surface area contributed by atoms with Crippen LogP contribution in [0, 0.1) is 5.41 Å². The highest BCUT2D eigenvalue weighted by molar-refractivity contribution is 5.44. The molecule has 15 heavy (non-hydrogen) atoms. The van der Waals surface area contributed by atoms with Crippen molar-refractivity contribution >= 4 is 5.69 Å². The van der Waals surface area contributed by atoms with Gasteiger partial charge in [0.05, 0.1) is 0 Å². The third-order valence-electron chi connectivity index (χ3n) is 3.18. The maximum absolute atomic E-state index is 4.04. The highest BCUT2D eigenvalue weighted by atomic mass is 15.1. The van der Waals surface area contributed by atoms with E-state index in [4.69, 9.17) is 0 Å². The first-order valence-electron chi connectivity index (χ1n) is 5.52. The van der Waals surface area contributed by atoms with Crippen LogP contribution in [0.4, 0.5) is 5.69 Å². The van der Waals surface area contributed by atoms with E-state index < -0.39 is 0 Å². The molecule has 3 heteroatoms. The molecule has 1 aromatic rings. The second kappa shape index (κ2) is 4.19. The number of pyridine rings is 1. The topological polar surface area (TPSA) is 28.2 Å². The third-order valence-corrected chi connectivity index (χ3v) is 3.18. The Morgan fingerprint density at radius 2 is 2.07 bits per heavy atom. The minimum absolute atomic E-state index is 0.521. The van der Waals surface area contributed by atoms with Crippen molar-refractivity contribution in [2.75, 3.05) is 32.1 Å². The van der Waals surface area contributed by atoms with Gasteiger partial charge in [0.15, 0.2) is 0 Å². The van der Waals surface area contributed by atoms with Crippen LogP contribution in [-0.2, 0) is 0 Å². The van der Waals surface area contributed by atoms with Gasteiger partial charge in [-0.2, -0.15) is 0 Å². The first-order valence-corrected chi connectivity index (χ1v) is 5.52. The summed E-state index contributed by atoms with van der Waals surface area (Å²) in [7, 11) is 4.19. The summed E-state index contributed by atoms with van der Waals surface area (Å²) in [4.78, 5) is 6.36. The van der Waals surface area contributed by atoms with E-state index in [0.717, 1.165) is 13.1 Å². The van der Waals surface area contributed by atoms with Gasteiger partial charge in [-0.25, -0.2) is 0 Å². The highest BCUT2D eigenvalue weighted by Gasteiger charge is 2.42. The molecule has 3 nitrogen and oxygen atoms in total. The Kier molecular flexibility index (Phi) is 2.91. The van der Waals surface area contributed by atoms with Crippen molar-refractivity contribution < 1.29 is 0 Å². The van der Waals surface area contributed by atoms with Crippen LogP contribution in [0.1, 0.15) is 12.8 Å². The monoisotopic (exact) mass is 205 g/mol. The van der Waals surface area contributed by atoms with E-state index in [9.17, 15) is 0 Å². The van der Waals surface area contributed by atoms with Gasteiger partial charge in [-0.1, -0.05) is 0 Å². The number of aromatic nitrogens is 1. The Morgan fingerprint density at radius 3 is 2.60 bits per heavy atom. The average Bonchev–Trinajstić information content (AvgIpc) is 3.00. The standard InChI is InChI=1S/C12H19N3/c1-13-9-12(5-6-12)10-15(2)11-3-7-14-8-4-11/h3-4,7-8,13H,5-6,9-10H2,1-2H3. The molecule has 1 heterocycles. The van der Waals surface area contributed by atoms with E-state index >= 15 is 0 Å². The number of anilines is 1. The maximum atomic E-state index is 4.04. The maximum Gasteiger partial charge on any atom is 0.0394 e. The van der Waals surface area contributed by atoms with Gasteiger partial charge >= 0.3 is 0 Å². The molecule has 0 aliphatic heterocycles. The summed E-state index contributed by atoms with van der Waals surface area (Å²) in [6.07, 6.45) is 6.40. The Morgan fingerprint density at radius 1 is 1.40 bits per heavy atom. The van der Waals surface area contributed by atoms with Gasteiger partial charge in [0.1, 0.15) is 0 Å². The molecule has 1 aliphatic carbocycles. The minimum atomic E-state index is 0.521. The van der Waals surface area contributed by atoms with Gasteiger partial charge < -0.3 is 10.2 Å². The van der Waals surface area contributed by atoms with E-state index in [1.54, 1.807) is 0 Å². The van der Waals surface area contributed by atoms with E-state index in [0.29, 0.717) is 5.41 Å². The number of hydrogen-bond donors (Lipinski definition) is 1. The predicted octanol–water partition coefficient (Wildman–Crippen LogP) is 1.52. The lowest BCUT2D eigenvalue weighted by atomic mass is 10.1. The molecule has 0 unspecified atom stereocenters. The van der Waals surface area contributed by atoms with E-state index in [1.807, 2.05) is 19.4 Å². The summed E-state index contributed by atoms with van der Waals surface area (Å²) in [6.45, 7) is 2.26. The zero-order valence-corrected chi connectivity index (χ0v) is 9.53. The van der Waals surface area contributed by atoms with Gasteiger partial charge in [-0.3, -0.25) is 4.98 Å². The van der Waals surface area contributed by atoms with Crippen LogP contribution in [-0.4, -0.2) is 32.2 Å². The van der Waals surface area contributed by atoms with Crippen LogP contribution >= 0.6 is 0 Å². The Hall–Kier alpha value is -1.09. The molecule has 1 saturated carbocycles. The summed E-state index contributed by atoms with van der Waals surface area (Å²) in [5, 5.41) is 3.29. The fourth-order valence-corrected chi connectivity index (χ4v) is 2.14. The normalized spacial score (nSPS) is 17.5. The smallest absolute Gasteiger partial charge is 0.0394 e. The molecule has 2 rings (SSSR count). The summed E-state index contributed by atoms with van der Waals surface area (Å²) in [5.74, 6) is 0. The quantitative estimate of drug-likeness (QED) is 0.790. The van der Waals surface area contributed by atoms with Crippen molar-refractivity contribution in [3.63, 3.8) is 0 Å². The second-order valence-corrected chi connectivity index (χ2v) is 4.59. The van der Waals surface area contributed by atoms with Crippen LogP contribution in [0.5, 0.6) is 0 Å². The van der Waals surface area contributed by atoms with Crippen molar-refractivity contribution in [2.24, 2.45) is 5.41 Å². The first-order chi connectivity index (χ1) is 7.26. The molecule has 1 aromatic heterocycles. The van der Waals surface area contributed by atoms with Crippen molar-refractivity contribution in [2.45, 2.75) is 12.8 Å². The summed E-state index contributed by atoms with van der Waals surface area (Å²) < 4.78 is 0. The van der Waals surface area contributed by atoms with Gasteiger partial charge in [0.2, 0.25) is 0 Å². The third kappa shape index (κ3) is 2.48. The van der Waals surface area contributed by atoms with Crippen LogP contribution in [0.3, 0.4) is 0 Å². The summed E-state index contributed by atoms with van der Waals surface area (Å²) >= 11 is 0. The molecule has 0 bridgehead atoms. The lowest BCUT2D eigenvalue weighted by molar-refractivity contribution is 0.482. The van der Waals surface area contributed by atoms with Crippen LogP contribution in [0.15, 0.2) is 24.5 Å². The average molecular weight is 205 g/mol. The molecule has 82 valence electrons. The molecule has 1 N–H and O–H groups in total. The minimum Gasteiger partial charge on any atom is -0.374 e. The summed E-state index contributed by atoms with van der Waals surface area (Å²) in [5.41, 5.74) is 1.78. The molecule has 1 aliphatic rings. The second-order valence-electron chi connectivity index (χ2n) is 4.59. The number of nitrogens with one attached hydrogen (secondary N) is 1. The first kappa shape index (κ1) is 10.4. The molecular formula is C12H19N3. The van der Waals surface area contributed by atoms with E-state index in [2.05, 4.69) is 34.4 Å². The van der Waals surface area contributed by atoms with Crippen LogP contribution in [0.25, 0.3) is 0 Å². The lowest BCUT2D eigenvalue weighted by Gasteiger charge is -2.25. The summed E-state index contributed by atoms with van der Waals surface area (Å²) in [6, 6.07) is 4.13. The molecule has 0 saturated heterocycles. The van der Waals surface area contributed by atoms with Crippen molar-refractivity contribution in [1.29, 1.82) is 0 Å².